The molecule has 1 atom stereocenters. The maximum absolute atomic E-state index is 10.4. The molecule has 0 aliphatic rings. The molecule has 1 aromatic carbocycles. The molecule has 5 heteroatoms. The standard InChI is InChI=1S/C10H11N3O2/c1-8(6-11)12-7-9-2-4-10(5-3-9)13(14)15/h2-5,8,12H,7H2,1H3. The zero-order valence-electron chi connectivity index (χ0n) is 8.30. The molecule has 0 bridgehead atoms. The van der Waals surface area contributed by atoms with Gasteiger partial charge in [-0.3, -0.25) is 15.4 Å². The summed E-state index contributed by atoms with van der Waals surface area (Å²) in [6, 6.07) is 8.08. The first-order valence-corrected chi connectivity index (χ1v) is 4.50. The average Bonchev–Trinajstić information content (AvgIpc) is 2.26. The van der Waals surface area contributed by atoms with Crippen LogP contribution in [0.4, 0.5) is 5.69 Å². The largest absolute Gasteiger partial charge is 0.298 e. The van der Waals surface area contributed by atoms with Crippen LogP contribution < -0.4 is 5.32 Å². The van der Waals surface area contributed by atoms with Crippen molar-refractivity contribution in [2.24, 2.45) is 0 Å². The lowest BCUT2D eigenvalue weighted by atomic mass is 10.2. The molecule has 0 heterocycles. The van der Waals surface area contributed by atoms with Crippen molar-refractivity contribution in [3.63, 3.8) is 0 Å². The van der Waals surface area contributed by atoms with E-state index in [0.717, 1.165) is 5.56 Å². The summed E-state index contributed by atoms with van der Waals surface area (Å²) in [5.74, 6) is 0. The molecule has 0 saturated carbocycles. The summed E-state index contributed by atoms with van der Waals surface area (Å²) in [5, 5.41) is 21.9. The molecule has 0 radical (unpaired) electrons. The van der Waals surface area contributed by atoms with Crippen molar-refractivity contribution in [1.82, 2.24) is 5.32 Å². The topological polar surface area (TPSA) is 79.0 Å². The summed E-state index contributed by atoms with van der Waals surface area (Å²) in [6.45, 7) is 2.29. The number of nitrogens with one attached hydrogen (secondary N) is 1. The van der Waals surface area contributed by atoms with E-state index in [2.05, 4.69) is 5.32 Å². The van der Waals surface area contributed by atoms with E-state index in [1.165, 1.54) is 12.1 Å². The fourth-order valence-corrected chi connectivity index (χ4v) is 1.05. The van der Waals surface area contributed by atoms with Crippen LogP contribution in [0.25, 0.3) is 0 Å². The molecule has 0 aromatic heterocycles. The van der Waals surface area contributed by atoms with Gasteiger partial charge in [-0.05, 0) is 12.5 Å². The number of nitrogens with zero attached hydrogens (tertiary/aromatic N) is 2. The molecule has 1 unspecified atom stereocenters. The van der Waals surface area contributed by atoms with Gasteiger partial charge in [0.2, 0.25) is 0 Å². The average molecular weight is 205 g/mol. The maximum atomic E-state index is 10.4. The minimum Gasteiger partial charge on any atom is -0.298 e. The second kappa shape index (κ2) is 5.08. The highest BCUT2D eigenvalue weighted by atomic mass is 16.6. The Labute approximate surface area is 87.5 Å². The zero-order chi connectivity index (χ0) is 11.3. The lowest BCUT2D eigenvalue weighted by molar-refractivity contribution is -0.384. The van der Waals surface area contributed by atoms with Crippen LogP contribution in [-0.2, 0) is 6.54 Å². The van der Waals surface area contributed by atoms with Gasteiger partial charge in [-0.1, -0.05) is 12.1 Å². The van der Waals surface area contributed by atoms with Crippen molar-refractivity contribution < 1.29 is 4.92 Å². The fourth-order valence-electron chi connectivity index (χ4n) is 1.05. The first kappa shape index (κ1) is 11.1. The fraction of sp³-hybridized carbons (Fsp3) is 0.300. The number of hydrogen-bond donors (Lipinski definition) is 1. The summed E-state index contributed by atoms with van der Waals surface area (Å²) in [7, 11) is 0. The molecule has 15 heavy (non-hydrogen) atoms. The summed E-state index contributed by atoms with van der Waals surface area (Å²) >= 11 is 0. The summed E-state index contributed by atoms with van der Waals surface area (Å²) in [6.07, 6.45) is 0. The second-order valence-corrected chi connectivity index (χ2v) is 3.16. The predicted octanol–water partition coefficient (Wildman–Crippen LogP) is 1.60. The van der Waals surface area contributed by atoms with Gasteiger partial charge in [0.05, 0.1) is 17.0 Å². The monoisotopic (exact) mass is 205 g/mol. The molecule has 0 spiro atoms. The Morgan fingerprint density at radius 2 is 2.13 bits per heavy atom. The van der Waals surface area contributed by atoms with Crippen LogP contribution in [0.15, 0.2) is 24.3 Å². The van der Waals surface area contributed by atoms with Crippen LogP contribution in [0.5, 0.6) is 0 Å². The first-order chi connectivity index (χ1) is 7.13. The van der Waals surface area contributed by atoms with Crippen molar-refractivity contribution in [2.75, 3.05) is 0 Å². The molecule has 1 N–H and O–H groups in total. The summed E-state index contributed by atoms with van der Waals surface area (Å²) in [5.41, 5.74) is 0.995. The highest BCUT2D eigenvalue weighted by Crippen LogP contribution is 2.11. The normalized spacial score (nSPS) is 11.7. The Morgan fingerprint density at radius 1 is 1.53 bits per heavy atom. The van der Waals surface area contributed by atoms with Gasteiger partial charge in [-0.15, -0.1) is 0 Å². The van der Waals surface area contributed by atoms with E-state index in [0.29, 0.717) is 6.54 Å². The third-order valence-corrected chi connectivity index (χ3v) is 1.95. The van der Waals surface area contributed by atoms with Gasteiger partial charge in [0.15, 0.2) is 0 Å². The summed E-state index contributed by atoms with van der Waals surface area (Å²) < 4.78 is 0. The number of nitro groups is 1. The van der Waals surface area contributed by atoms with Gasteiger partial charge in [-0.2, -0.15) is 5.26 Å². The molecule has 1 aromatic rings. The van der Waals surface area contributed by atoms with E-state index >= 15 is 0 Å². The maximum Gasteiger partial charge on any atom is 0.269 e. The molecule has 0 aliphatic carbocycles. The van der Waals surface area contributed by atoms with Gasteiger partial charge in [0.1, 0.15) is 0 Å². The minimum absolute atomic E-state index is 0.0760. The van der Waals surface area contributed by atoms with Crippen molar-refractivity contribution in [3.8, 4) is 6.07 Å². The smallest absolute Gasteiger partial charge is 0.269 e. The van der Waals surface area contributed by atoms with E-state index in [4.69, 9.17) is 5.26 Å². The number of nitro benzene ring substituents is 1. The van der Waals surface area contributed by atoms with Gasteiger partial charge >= 0.3 is 0 Å². The van der Waals surface area contributed by atoms with Gasteiger partial charge in [0.25, 0.3) is 5.69 Å². The first-order valence-electron chi connectivity index (χ1n) is 4.50. The summed E-state index contributed by atoms with van der Waals surface area (Å²) in [4.78, 5) is 9.94. The van der Waals surface area contributed by atoms with Crippen LogP contribution in [0.1, 0.15) is 12.5 Å². The van der Waals surface area contributed by atoms with E-state index in [1.807, 2.05) is 6.07 Å². The Balaban J connectivity index is 2.58. The molecular weight excluding hydrogens is 194 g/mol. The lowest BCUT2D eigenvalue weighted by Gasteiger charge is -2.05. The third-order valence-electron chi connectivity index (χ3n) is 1.95. The van der Waals surface area contributed by atoms with E-state index < -0.39 is 4.92 Å². The molecule has 0 amide bonds. The third kappa shape index (κ3) is 3.37. The molecule has 0 saturated heterocycles. The van der Waals surface area contributed by atoms with Crippen molar-refractivity contribution in [3.05, 3.63) is 39.9 Å². The van der Waals surface area contributed by atoms with Crippen molar-refractivity contribution >= 4 is 5.69 Å². The molecule has 0 aliphatic heterocycles. The number of benzene rings is 1. The van der Waals surface area contributed by atoms with E-state index in [-0.39, 0.29) is 11.7 Å². The zero-order valence-corrected chi connectivity index (χ0v) is 8.30. The number of non-ortho nitro benzene ring substituents is 1. The SMILES string of the molecule is CC(C#N)NCc1ccc([N+](=O)[O-])cc1. The van der Waals surface area contributed by atoms with Crippen LogP contribution in [0, 0.1) is 21.4 Å². The quantitative estimate of drug-likeness (QED) is 0.598. The second-order valence-electron chi connectivity index (χ2n) is 3.16. The highest BCUT2D eigenvalue weighted by molar-refractivity contribution is 5.32. The number of rotatable bonds is 4. The van der Waals surface area contributed by atoms with E-state index in [1.54, 1.807) is 19.1 Å². The van der Waals surface area contributed by atoms with Gasteiger partial charge < -0.3 is 0 Å². The highest BCUT2D eigenvalue weighted by Gasteiger charge is 2.04. The molecule has 78 valence electrons. The number of nitriles is 1. The molecule has 5 nitrogen and oxygen atoms in total. The van der Waals surface area contributed by atoms with Gasteiger partial charge in [-0.25, -0.2) is 0 Å². The van der Waals surface area contributed by atoms with Crippen LogP contribution in [0.2, 0.25) is 0 Å². The van der Waals surface area contributed by atoms with Crippen LogP contribution in [-0.4, -0.2) is 11.0 Å². The minimum atomic E-state index is -0.435. The number of hydrogen-bond acceptors (Lipinski definition) is 4. The molecular formula is C10H11N3O2. The predicted molar refractivity (Wildman–Crippen MR) is 55.0 cm³/mol. The Kier molecular flexibility index (Phi) is 3.77. The van der Waals surface area contributed by atoms with Crippen molar-refractivity contribution in [2.45, 2.75) is 19.5 Å². The molecule has 0 fully saturated rings. The van der Waals surface area contributed by atoms with Crippen LogP contribution in [0.3, 0.4) is 0 Å². The Bertz CT molecular complexity index is 381. The van der Waals surface area contributed by atoms with Gasteiger partial charge in [0, 0.05) is 18.7 Å². The van der Waals surface area contributed by atoms with E-state index in [9.17, 15) is 10.1 Å². The Hall–Kier alpha value is -1.93. The van der Waals surface area contributed by atoms with Crippen LogP contribution >= 0.6 is 0 Å². The Morgan fingerprint density at radius 3 is 2.60 bits per heavy atom. The molecule has 1 rings (SSSR count). The van der Waals surface area contributed by atoms with Crippen molar-refractivity contribution in [1.29, 1.82) is 5.26 Å². The lowest BCUT2D eigenvalue weighted by Crippen LogP contribution is -2.23.